The first-order valence-corrected chi connectivity index (χ1v) is 12.4. The van der Waals surface area contributed by atoms with Gasteiger partial charge in [0.1, 0.15) is 28.7 Å². The van der Waals surface area contributed by atoms with E-state index >= 15 is 4.39 Å². The number of carbonyl (C=O) groups excluding carboxylic acids is 2. The fourth-order valence-corrected chi connectivity index (χ4v) is 5.34. The van der Waals surface area contributed by atoms with Gasteiger partial charge in [-0.05, 0) is 44.2 Å². The Morgan fingerprint density at radius 3 is 2.64 bits per heavy atom. The first-order chi connectivity index (χ1) is 18.6. The normalized spacial score (nSPS) is 15.5. The van der Waals surface area contributed by atoms with E-state index < -0.39 is 11.4 Å². The molecule has 0 aliphatic carbocycles. The number of carbonyl (C=O) groups is 2. The van der Waals surface area contributed by atoms with E-state index in [9.17, 15) is 9.59 Å². The minimum absolute atomic E-state index is 0.129. The molecule has 0 saturated carbocycles. The third-order valence-corrected chi connectivity index (χ3v) is 7.35. The van der Waals surface area contributed by atoms with E-state index in [1.54, 1.807) is 43.0 Å². The zero-order chi connectivity index (χ0) is 27.6. The highest BCUT2D eigenvalue weighted by Crippen LogP contribution is 2.37. The molecule has 39 heavy (non-hydrogen) atoms. The van der Waals surface area contributed by atoms with Gasteiger partial charge in [0.15, 0.2) is 11.5 Å². The number of hydrogen-bond acceptors (Lipinski definition) is 7. The molecule has 1 aliphatic rings. The average Bonchev–Trinajstić information content (AvgIpc) is 3.47. The van der Waals surface area contributed by atoms with E-state index in [0.29, 0.717) is 23.3 Å². The van der Waals surface area contributed by atoms with Crippen molar-refractivity contribution in [2.24, 2.45) is 7.05 Å². The number of piperazine rings is 1. The van der Waals surface area contributed by atoms with Crippen molar-refractivity contribution in [3.8, 4) is 22.4 Å². The fraction of sp³-hybridized carbons (Fsp3) is 0.259. The molecule has 1 fully saturated rings. The summed E-state index contributed by atoms with van der Waals surface area (Å²) in [5.41, 5.74) is 10.1. The monoisotopic (exact) mass is 527 g/mol. The fourth-order valence-electron chi connectivity index (χ4n) is 5.34. The summed E-state index contributed by atoms with van der Waals surface area (Å²) in [6, 6.07) is 8.39. The lowest BCUT2D eigenvalue weighted by Gasteiger charge is -2.45. The van der Waals surface area contributed by atoms with Gasteiger partial charge in [-0.15, -0.1) is 0 Å². The number of anilines is 2. The first kappa shape index (κ1) is 24.5. The van der Waals surface area contributed by atoms with E-state index in [2.05, 4.69) is 20.1 Å². The number of benzene rings is 1. The topological polar surface area (TPSA) is 128 Å². The third-order valence-electron chi connectivity index (χ3n) is 7.35. The van der Waals surface area contributed by atoms with Crippen molar-refractivity contribution in [3.05, 3.63) is 55.0 Å². The van der Waals surface area contributed by atoms with Crippen molar-refractivity contribution in [2.45, 2.75) is 26.3 Å². The van der Waals surface area contributed by atoms with Crippen molar-refractivity contribution >= 4 is 40.0 Å². The SMILES string of the molecule is CC(=O)N1CCN(c2cc(-c3cc(-c4cnc5c(c4)ncn5C)c4c(N)ncnn34)ccc2F)C(=O)C1(C)C. The molecule has 0 bridgehead atoms. The Morgan fingerprint density at radius 2 is 1.87 bits per heavy atom. The number of imidazole rings is 1. The molecule has 5 heterocycles. The van der Waals surface area contributed by atoms with Crippen molar-refractivity contribution in [2.75, 3.05) is 23.7 Å². The highest BCUT2D eigenvalue weighted by molar-refractivity contribution is 6.03. The van der Waals surface area contributed by atoms with Crippen molar-refractivity contribution < 1.29 is 14.0 Å². The molecular weight excluding hydrogens is 501 g/mol. The number of nitrogens with two attached hydrogens (primary N) is 1. The maximum absolute atomic E-state index is 15.2. The molecule has 0 unspecified atom stereocenters. The van der Waals surface area contributed by atoms with Gasteiger partial charge in [-0.3, -0.25) is 9.59 Å². The lowest BCUT2D eigenvalue weighted by atomic mass is 9.96. The summed E-state index contributed by atoms with van der Waals surface area (Å²) in [7, 11) is 1.87. The van der Waals surface area contributed by atoms with Crippen LogP contribution in [0.2, 0.25) is 0 Å². The molecule has 0 radical (unpaired) electrons. The van der Waals surface area contributed by atoms with E-state index in [1.165, 1.54) is 29.1 Å². The zero-order valence-corrected chi connectivity index (χ0v) is 21.9. The number of halogens is 1. The number of aromatic nitrogens is 6. The molecule has 12 heteroatoms. The summed E-state index contributed by atoms with van der Waals surface area (Å²) in [4.78, 5) is 41.6. The molecule has 2 N–H and O–H groups in total. The number of nitrogens with zero attached hydrogens (tertiary/aromatic N) is 8. The van der Waals surface area contributed by atoms with E-state index in [1.807, 2.05) is 23.7 Å². The first-order valence-electron chi connectivity index (χ1n) is 12.4. The van der Waals surface area contributed by atoms with Crippen LogP contribution in [0.25, 0.3) is 39.1 Å². The van der Waals surface area contributed by atoms with Crippen molar-refractivity contribution in [3.63, 3.8) is 0 Å². The minimum Gasteiger partial charge on any atom is -0.382 e. The van der Waals surface area contributed by atoms with E-state index in [-0.39, 0.29) is 29.9 Å². The summed E-state index contributed by atoms with van der Waals surface area (Å²) < 4.78 is 18.7. The molecule has 5 aromatic rings. The van der Waals surface area contributed by atoms with Crippen LogP contribution in [0.3, 0.4) is 0 Å². The molecule has 2 amide bonds. The van der Waals surface area contributed by atoms with Crippen LogP contribution in [-0.4, -0.2) is 64.5 Å². The van der Waals surface area contributed by atoms with Gasteiger partial charge in [0.2, 0.25) is 5.91 Å². The van der Waals surface area contributed by atoms with Crippen LogP contribution in [-0.2, 0) is 16.6 Å². The standard InChI is InChI=1S/C27H26FN9O2/c1-15(38)36-8-7-35(26(39)27(36,2)3)22-10-16(5-6-19(22)28)21-11-18(23-24(29)31-13-33-37(21)23)17-9-20-25(30-12-17)34(4)14-32-20/h5-6,9-14H,7-8H2,1-4H3,(H2,29,31,33). The number of aryl methyl sites for hydroxylation is 1. The highest BCUT2D eigenvalue weighted by Gasteiger charge is 2.44. The predicted octanol–water partition coefficient (Wildman–Crippen LogP) is 3.04. The Morgan fingerprint density at radius 1 is 1.08 bits per heavy atom. The van der Waals surface area contributed by atoms with Gasteiger partial charge in [0.05, 0.1) is 17.7 Å². The molecule has 198 valence electrons. The van der Waals surface area contributed by atoms with Gasteiger partial charge in [-0.2, -0.15) is 5.10 Å². The van der Waals surface area contributed by atoms with Crippen LogP contribution in [0.15, 0.2) is 49.2 Å². The molecule has 1 aliphatic heterocycles. The second kappa shape index (κ2) is 8.58. The van der Waals surface area contributed by atoms with Gasteiger partial charge in [0.25, 0.3) is 5.91 Å². The zero-order valence-electron chi connectivity index (χ0n) is 21.9. The maximum atomic E-state index is 15.2. The van der Waals surface area contributed by atoms with Crippen LogP contribution in [0.5, 0.6) is 0 Å². The van der Waals surface area contributed by atoms with Crippen LogP contribution in [0.1, 0.15) is 20.8 Å². The number of hydrogen-bond donors (Lipinski definition) is 1. The lowest BCUT2D eigenvalue weighted by molar-refractivity contribution is -0.145. The van der Waals surface area contributed by atoms with Gasteiger partial charge in [0, 0.05) is 49.9 Å². The number of amides is 2. The molecule has 4 aromatic heterocycles. The van der Waals surface area contributed by atoms with Crippen LogP contribution >= 0.6 is 0 Å². The summed E-state index contributed by atoms with van der Waals surface area (Å²) >= 11 is 0. The Labute approximate surface area is 222 Å². The summed E-state index contributed by atoms with van der Waals surface area (Å²) in [5, 5.41) is 4.43. The van der Waals surface area contributed by atoms with Crippen LogP contribution < -0.4 is 10.6 Å². The maximum Gasteiger partial charge on any atom is 0.252 e. The average molecular weight is 528 g/mol. The number of nitrogen functional groups attached to an aromatic ring is 1. The summed E-state index contributed by atoms with van der Waals surface area (Å²) in [5.74, 6) is -0.835. The number of pyridine rings is 1. The molecule has 1 saturated heterocycles. The smallest absolute Gasteiger partial charge is 0.252 e. The van der Waals surface area contributed by atoms with Crippen molar-refractivity contribution in [1.82, 2.24) is 34.0 Å². The van der Waals surface area contributed by atoms with Gasteiger partial charge in [-0.25, -0.2) is 23.9 Å². The Hall–Kier alpha value is -4.87. The van der Waals surface area contributed by atoms with E-state index in [0.717, 1.165) is 22.3 Å². The van der Waals surface area contributed by atoms with Gasteiger partial charge in [-0.1, -0.05) is 0 Å². The second-order valence-corrected chi connectivity index (χ2v) is 10.1. The third kappa shape index (κ3) is 3.70. The van der Waals surface area contributed by atoms with Crippen LogP contribution in [0, 0.1) is 5.82 Å². The van der Waals surface area contributed by atoms with Crippen molar-refractivity contribution in [1.29, 1.82) is 0 Å². The minimum atomic E-state index is -1.11. The Kier molecular flexibility index (Phi) is 5.38. The van der Waals surface area contributed by atoms with Crippen LogP contribution in [0.4, 0.5) is 15.9 Å². The van der Waals surface area contributed by atoms with Gasteiger partial charge < -0.3 is 20.1 Å². The molecule has 0 spiro atoms. The Balaban J connectivity index is 1.48. The highest BCUT2D eigenvalue weighted by atomic mass is 19.1. The summed E-state index contributed by atoms with van der Waals surface area (Å²) in [6.07, 6.45) is 4.79. The Bertz CT molecular complexity index is 1810. The largest absolute Gasteiger partial charge is 0.382 e. The lowest BCUT2D eigenvalue weighted by Crippen LogP contribution is -2.64. The second-order valence-electron chi connectivity index (χ2n) is 10.1. The van der Waals surface area contributed by atoms with E-state index in [4.69, 9.17) is 5.73 Å². The number of rotatable bonds is 3. The number of fused-ring (bicyclic) bond motifs is 2. The molecule has 1 aromatic carbocycles. The van der Waals surface area contributed by atoms with Gasteiger partial charge >= 0.3 is 0 Å². The molecular formula is C27H26FN9O2. The molecule has 6 rings (SSSR count). The predicted molar refractivity (Wildman–Crippen MR) is 144 cm³/mol. The molecule has 11 nitrogen and oxygen atoms in total. The summed E-state index contributed by atoms with van der Waals surface area (Å²) in [6.45, 7) is 5.24. The molecule has 0 atom stereocenters. The quantitative estimate of drug-likeness (QED) is 0.382.